The highest BCUT2D eigenvalue weighted by molar-refractivity contribution is 6.06. The van der Waals surface area contributed by atoms with Crippen LogP contribution < -0.4 is 4.90 Å². The molecule has 0 radical (unpaired) electrons. The number of piperidine rings is 2. The number of para-hydroxylation sites is 1. The molecule has 2 heteroatoms. The molecule has 2 nitrogen and oxygen atoms in total. The first-order valence-electron chi connectivity index (χ1n) is 8.92. The van der Waals surface area contributed by atoms with Crippen LogP contribution in [0.3, 0.4) is 0 Å². The highest BCUT2D eigenvalue weighted by Gasteiger charge is 2.39. The summed E-state index contributed by atoms with van der Waals surface area (Å²) in [5.41, 5.74) is 4.77. The van der Waals surface area contributed by atoms with Crippen LogP contribution in [0.1, 0.15) is 38.2 Å². The first-order valence-corrected chi connectivity index (χ1v) is 8.92. The fourth-order valence-corrected chi connectivity index (χ4v) is 4.98. The van der Waals surface area contributed by atoms with Gasteiger partial charge in [0, 0.05) is 28.5 Å². The molecule has 3 aromatic rings. The second-order valence-corrected chi connectivity index (χ2v) is 7.45. The third-order valence-corrected chi connectivity index (χ3v) is 6.23. The molecule has 23 heavy (non-hydrogen) atoms. The van der Waals surface area contributed by atoms with Gasteiger partial charge in [0.05, 0.1) is 0 Å². The van der Waals surface area contributed by atoms with Crippen LogP contribution >= 0.6 is 0 Å². The lowest BCUT2D eigenvalue weighted by atomic mass is 9.74. The molecule has 0 amide bonds. The third-order valence-electron chi connectivity index (χ3n) is 6.23. The van der Waals surface area contributed by atoms with Gasteiger partial charge < -0.3 is 9.32 Å². The van der Waals surface area contributed by atoms with E-state index in [9.17, 15) is 0 Å². The summed E-state index contributed by atoms with van der Waals surface area (Å²) in [7, 11) is 0. The number of fused-ring (bicyclic) bond motifs is 6. The van der Waals surface area contributed by atoms with Gasteiger partial charge in [-0.2, -0.15) is 0 Å². The largest absolute Gasteiger partial charge is 0.456 e. The van der Waals surface area contributed by atoms with Gasteiger partial charge in [-0.15, -0.1) is 0 Å². The first kappa shape index (κ1) is 13.5. The number of hydrogen-bond donors (Lipinski definition) is 0. The maximum Gasteiger partial charge on any atom is 0.135 e. The number of anilines is 1. The lowest BCUT2D eigenvalue weighted by molar-refractivity contribution is 0.200. The van der Waals surface area contributed by atoms with Gasteiger partial charge >= 0.3 is 0 Å². The topological polar surface area (TPSA) is 16.4 Å². The van der Waals surface area contributed by atoms with E-state index in [1.165, 1.54) is 47.7 Å². The molecule has 1 saturated carbocycles. The average molecular weight is 305 g/mol. The number of hydrogen-bond acceptors (Lipinski definition) is 2. The summed E-state index contributed by atoms with van der Waals surface area (Å²) in [5, 5.41) is 2.49. The van der Waals surface area contributed by atoms with Crippen molar-refractivity contribution in [3.8, 4) is 0 Å². The third kappa shape index (κ3) is 1.87. The number of benzene rings is 2. The van der Waals surface area contributed by atoms with Gasteiger partial charge in [-0.05, 0) is 69.2 Å². The maximum absolute atomic E-state index is 6.05. The summed E-state index contributed by atoms with van der Waals surface area (Å²) in [6.07, 6.45) is 5.55. The Labute approximate surface area is 137 Å². The second-order valence-electron chi connectivity index (χ2n) is 7.45. The van der Waals surface area contributed by atoms with Crippen molar-refractivity contribution in [3.05, 3.63) is 42.0 Å². The molecule has 3 heterocycles. The molecule has 3 fully saturated rings. The van der Waals surface area contributed by atoms with Crippen LogP contribution in [0.25, 0.3) is 21.9 Å². The predicted octanol–water partition coefficient (Wildman–Crippen LogP) is 5.66. The molecule has 2 bridgehead atoms. The number of rotatable bonds is 1. The van der Waals surface area contributed by atoms with E-state index >= 15 is 0 Å². The normalized spacial score (nSPS) is 27.2. The molecule has 2 saturated heterocycles. The monoisotopic (exact) mass is 305 g/mol. The summed E-state index contributed by atoms with van der Waals surface area (Å²) in [6.45, 7) is 4.66. The Hall–Kier alpha value is -1.96. The quantitative estimate of drug-likeness (QED) is 0.576. The average Bonchev–Trinajstić information content (AvgIpc) is 2.93. The number of nitrogens with zero attached hydrogens (tertiary/aromatic N) is 1. The van der Waals surface area contributed by atoms with E-state index in [0.29, 0.717) is 6.04 Å². The second kappa shape index (κ2) is 4.77. The Balaban J connectivity index is 1.72. The highest BCUT2D eigenvalue weighted by Crippen LogP contribution is 2.44. The Morgan fingerprint density at radius 2 is 1.74 bits per heavy atom. The van der Waals surface area contributed by atoms with E-state index < -0.39 is 0 Å². The molecule has 0 spiro atoms. The minimum absolute atomic E-state index is 0.664. The van der Waals surface area contributed by atoms with E-state index in [1.54, 1.807) is 0 Å². The first-order chi connectivity index (χ1) is 11.2. The van der Waals surface area contributed by atoms with Crippen molar-refractivity contribution in [1.82, 2.24) is 0 Å². The molecule has 118 valence electrons. The van der Waals surface area contributed by atoms with Crippen LogP contribution in [0, 0.1) is 12.8 Å². The molecule has 2 aliphatic heterocycles. The van der Waals surface area contributed by atoms with Crippen molar-refractivity contribution in [2.75, 3.05) is 4.90 Å². The summed E-state index contributed by atoms with van der Waals surface area (Å²) in [6, 6.07) is 14.4. The lowest BCUT2D eigenvalue weighted by Crippen LogP contribution is -2.54. The minimum atomic E-state index is 0.664. The SMILES string of the molecule is Cc1cc2oc3ccccc3c2cc1N1C2CCC(CC2)C1C. The molecule has 1 aromatic heterocycles. The molecule has 2 aromatic carbocycles. The van der Waals surface area contributed by atoms with Crippen molar-refractivity contribution < 1.29 is 4.42 Å². The van der Waals surface area contributed by atoms with Gasteiger partial charge in [-0.3, -0.25) is 0 Å². The van der Waals surface area contributed by atoms with E-state index in [4.69, 9.17) is 4.42 Å². The van der Waals surface area contributed by atoms with E-state index in [2.05, 4.69) is 49.1 Å². The van der Waals surface area contributed by atoms with E-state index in [1.807, 2.05) is 6.07 Å². The van der Waals surface area contributed by atoms with Gasteiger partial charge in [-0.25, -0.2) is 0 Å². The molecule has 3 aliphatic rings. The Bertz CT molecular complexity index is 883. The summed E-state index contributed by atoms with van der Waals surface area (Å²) < 4.78 is 6.05. The standard InChI is InChI=1S/C21H23NO/c1-13-11-21-18(17-5-3-4-6-20(17)23-21)12-19(13)22-14(2)15-7-9-16(22)10-8-15/h3-6,11-12,14-16H,7-10H2,1-2H3. The summed E-state index contributed by atoms with van der Waals surface area (Å²) in [4.78, 5) is 2.72. The smallest absolute Gasteiger partial charge is 0.135 e. The maximum atomic E-state index is 6.05. The lowest BCUT2D eigenvalue weighted by Gasteiger charge is -2.52. The predicted molar refractivity (Wildman–Crippen MR) is 96.1 cm³/mol. The minimum Gasteiger partial charge on any atom is -0.456 e. The number of aryl methyl sites for hydroxylation is 1. The summed E-state index contributed by atoms with van der Waals surface area (Å²) >= 11 is 0. The summed E-state index contributed by atoms with van der Waals surface area (Å²) in [5.74, 6) is 0.871. The van der Waals surface area contributed by atoms with Crippen LogP contribution in [-0.2, 0) is 0 Å². The molecular formula is C21H23NO. The van der Waals surface area contributed by atoms with E-state index in [0.717, 1.165) is 23.1 Å². The van der Waals surface area contributed by atoms with Gasteiger partial charge in [-0.1, -0.05) is 18.2 Å². The van der Waals surface area contributed by atoms with Gasteiger partial charge in [0.15, 0.2) is 0 Å². The van der Waals surface area contributed by atoms with Gasteiger partial charge in [0.25, 0.3) is 0 Å². The Kier molecular flexibility index (Phi) is 2.79. The van der Waals surface area contributed by atoms with E-state index in [-0.39, 0.29) is 0 Å². The van der Waals surface area contributed by atoms with Gasteiger partial charge in [0.2, 0.25) is 0 Å². The molecule has 6 rings (SSSR count). The fourth-order valence-electron chi connectivity index (χ4n) is 4.98. The van der Waals surface area contributed by atoms with Crippen LogP contribution in [0.2, 0.25) is 0 Å². The zero-order valence-corrected chi connectivity index (χ0v) is 13.9. The van der Waals surface area contributed by atoms with Crippen LogP contribution in [0.15, 0.2) is 40.8 Å². The molecule has 0 N–H and O–H groups in total. The van der Waals surface area contributed by atoms with Crippen LogP contribution in [0.4, 0.5) is 5.69 Å². The molecule has 1 atom stereocenters. The van der Waals surface area contributed by atoms with Crippen molar-refractivity contribution in [2.45, 2.75) is 51.6 Å². The fraction of sp³-hybridized carbons (Fsp3) is 0.429. The molecular weight excluding hydrogens is 282 g/mol. The van der Waals surface area contributed by atoms with Crippen LogP contribution in [-0.4, -0.2) is 12.1 Å². The van der Waals surface area contributed by atoms with Gasteiger partial charge in [0.1, 0.15) is 11.2 Å². The van der Waals surface area contributed by atoms with Crippen molar-refractivity contribution in [2.24, 2.45) is 5.92 Å². The molecule has 1 unspecified atom stereocenters. The molecule has 1 aliphatic carbocycles. The van der Waals surface area contributed by atoms with Crippen molar-refractivity contribution in [1.29, 1.82) is 0 Å². The van der Waals surface area contributed by atoms with Crippen molar-refractivity contribution in [3.63, 3.8) is 0 Å². The zero-order valence-electron chi connectivity index (χ0n) is 13.9. The Morgan fingerprint density at radius 1 is 0.957 bits per heavy atom. The van der Waals surface area contributed by atoms with Crippen LogP contribution in [0.5, 0.6) is 0 Å². The highest BCUT2D eigenvalue weighted by atomic mass is 16.3. The zero-order chi connectivity index (χ0) is 15.6. The van der Waals surface area contributed by atoms with Crippen molar-refractivity contribution >= 4 is 27.6 Å². The number of furan rings is 1. The Morgan fingerprint density at radius 3 is 2.52 bits per heavy atom.